The Morgan fingerprint density at radius 3 is 2.75 bits per heavy atom. The Morgan fingerprint density at radius 1 is 1.15 bits per heavy atom. The Bertz CT molecular complexity index is 576. The lowest BCUT2D eigenvalue weighted by molar-refractivity contribution is -0.144. The first-order valence-corrected chi connectivity index (χ1v) is 6.64. The van der Waals surface area contributed by atoms with Crippen molar-refractivity contribution >= 4 is 17.5 Å². The monoisotopic (exact) mass is 280 g/mol. The largest absolute Gasteiger partial charge is 0.329 e. The van der Waals surface area contributed by atoms with Gasteiger partial charge < -0.3 is 4.90 Å². The Labute approximate surface area is 115 Å². The van der Waals surface area contributed by atoms with Crippen molar-refractivity contribution < 1.29 is 18.4 Å². The summed E-state index contributed by atoms with van der Waals surface area (Å²) < 4.78 is 27.1. The van der Waals surface area contributed by atoms with Crippen LogP contribution in [0.1, 0.15) is 19.3 Å². The van der Waals surface area contributed by atoms with Gasteiger partial charge in [0, 0.05) is 12.6 Å². The maximum absolute atomic E-state index is 13.8. The molecule has 2 aliphatic rings. The highest BCUT2D eigenvalue weighted by molar-refractivity contribution is 6.06. The standard InChI is InChI=1S/C14H14F2N2O2/c15-9-4-5-10(16)12(7-9)18-8-13(19)17-6-2-1-3-11(17)14(18)20/h4-5,7,11H,1-3,6,8H2. The first-order valence-electron chi connectivity index (χ1n) is 6.64. The number of anilines is 1. The molecule has 0 saturated carbocycles. The average molecular weight is 280 g/mol. The van der Waals surface area contributed by atoms with Gasteiger partial charge in [-0.05, 0) is 31.4 Å². The van der Waals surface area contributed by atoms with Crippen LogP contribution in [0.2, 0.25) is 0 Å². The minimum atomic E-state index is -0.697. The molecule has 20 heavy (non-hydrogen) atoms. The number of piperidine rings is 1. The van der Waals surface area contributed by atoms with Gasteiger partial charge in [-0.2, -0.15) is 0 Å². The fourth-order valence-corrected chi connectivity index (χ4v) is 2.87. The topological polar surface area (TPSA) is 40.6 Å². The van der Waals surface area contributed by atoms with Crippen LogP contribution in [-0.4, -0.2) is 35.8 Å². The fourth-order valence-electron chi connectivity index (χ4n) is 2.87. The normalized spacial score (nSPS) is 23.0. The minimum absolute atomic E-state index is 0.159. The molecule has 2 amide bonds. The molecule has 0 radical (unpaired) electrons. The van der Waals surface area contributed by atoms with Crippen LogP contribution in [0.3, 0.4) is 0 Å². The minimum Gasteiger partial charge on any atom is -0.329 e. The van der Waals surface area contributed by atoms with Gasteiger partial charge in [0.1, 0.15) is 24.2 Å². The molecule has 1 aromatic rings. The predicted molar refractivity (Wildman–Crippen MR) is 68.1 cm³/mol. The van der Waals surface area contributed by atoms with Crippen LogP contribution in [0, 0.1) is 11.6 Å². The summed E-state index contributed by atoms with van der Waals surface area (Å²) in [6.07, 6.45) is 2.32. The molecule has 2 heterocycles. The molecule has 4 nitrogen and oxygen atoms in total. The Balaban J connectivity index is 1.96. The van der Waals surface area contributed by atoms with Crippen molar-refractivity contribution in [2.45, 2.75) is 25.3 Å². The van der Waals surface area contributed by atoms with E-state index in [9.17, 15) is 18.4 Å². The summed E-state index contributed by atoms with van der Waals surface area (Å²) in [4.78, 5) is 27.1. The molecule has 0 spiro atoms. The number of nitrogens with zero attached hydrogens (tertiary/aromatic N) is 2. The van der Waals surface area contributed by atoms with Crippen molar-refractivity contribution in [3.8, 4) is 0 Å². The van der Waals surface area contributed by atoms with E-state index in [1.165, 1.54) is 0 Å². The van der Waals surface area contributed by atoms with Crippen molar-refractivity contribution in [3.05, 3.63) is 29.8 Å². The van der Waals surface area contributed by atoms with Crippen LogP contribution in [0.4, 0.5) is 14.5 Å². The number of halogens is 2. The number of rotatable bonds is 1. The summed E-state index contributed by atoms with van der Waals surface area (Å²) in [6, 6.07) is 2.38. The van der Waals surface area contributed by atoms with Crippen molar-refractivity contribution in [2.75, 3.05) is 18.0 Å². The zero-order valence-electron chi connectivity index (χ0n) is 10.8. The van der Waals surface area contributed by atoms with Gasteiger partial charge in [-0.15, -0.1) is 0 Å². The second-order valence-corrected chi connectivity index (χ2v) is 5.12. The smallest absolute Gasteiger partial charge is 0.250 e. The van der Waals surface area contributed by atoms with Crippen LogP contribution in [-0.2, 0) is 9.59 Å². The third-order valence-electron chi connectivity index (χ3n) is 3.87. The molecular formula is C14H14F2N2O2. The van der Waals surface area contributed by atoms with Crippen molar-refractivity contribution in [1.29, 1.82) is 0 Å². The van der Waals surface area contributed by atoms with E-state index >= 15 is 0 Å². The second kappa shape index (κ2) is 4.85. The van der Waals surface area contributed by atoms with E-state index in [1.807, 2.05) is 0 Å². The summed E-state index contributed by atoms with van der Waals surface area (Å²) in [7, 11) is 0. The lowest BCUT2D eigenvalue weighted by atomic mass is 9.98. The summed E-state index contributed by atoms with van der Waals surface area (Å²) in [5, 5.41) is 0. The molecule has 6 heteroatoms. The van der Waals surface area contributed by atoms with Crippen molar-refractivity contribution in [3.63, 3.8) is 0 Å². The molecule has 0 aliphatic carbocycles. The fraction of sp³-hybridized carbons (Fsp3) is 0.429. The number of hydrogen-bond acceptors (Lipinski definition) is 2. The number of benzene rings is 1. The molecule has 2 fully saturated rings. The van der Waals surface area contributed by atoms with Gasteiger partial charge in [-0.1, -0.05) is 0 Å². The molecule has 0 aromatic heterocycles. The van der Waals surface area contributed by atoms with Crippen LogP contribution in [0.25, 0.3) is 0 Å². The third-order valence-corrected chi connectivity index (χ3v) is 3.87. The van der Waals surface area contributed by atoms with E-state index in [0.717, 1.165) is 35.9 Å². The van der Waals surface area contributed by atoms with Crippen LogP contribution in [0.15, 0.2) is 18.2 Å². The van der Waals surface area contributed by atoms with Gasteiger partial charge in [0.25, 0.3) is 0 Å². The predicted octanol–water partition coefficient (Wildman–Crippen LogP) is 1.69. The van der Waals surface area contributed by atoms with Gasteiger partial charge in [0.2, 0.25) is 11.8 Å². The van der Waals surface area contributed by atoms with Crippen LogP contribution in [0.5, 0.6) is 0 Å². The number of hydrogen-bond donors (Lipinski definition) is 0. The van der Waals surface area contributed by atoms with Crippen LogP contribution >= 0.6 is 0 Å². The maximum Gasteiger partial charge on any atom is 0.250 e. The highest BCUT2D eigenvalue weighted by Crippen LogP contribution is 2.28. The lowest BCUT2D eigenvalue weighted by Gasteiger charge is -2.42. The van der Waals surface area contributed by atoms with E-state index < -0.39 is 17.7 Å². The van der Waals surface area contributed by atoms with E-state index in [2.05, 4.69) is 0 Å². The molecule has 106 valence electrons. The Kier molecular flexibility index (Phi) is 3.16. The maximum atomic E-state index is 13.8. The zero-order chi connectivity index (χ0) is 14.3. The summed E-state index contributed by atoms with van der Waals surface area (Å²) in [6.45, 7) is 0.338. The van der Waals surface area contributed by atoms with Gasteiger partial charge >= 0.3 is 0 Å². The van der Waals surface area contributed by atoms with Gasteiger partial charge in [0.05, 0.1) is 5.69 Å². The molecule has 0 N–H and O–H groups in total. The number of amides is 2. The molecular weight excluding hydrogens is 266 g/mol. The number of carbonyl (C=O) groups excluding carboxylic acids is 2. The molecule has 3 rings (SSSR count). The van der Waals surface area contributed by atoms with E-state index in [-0.39, 0.29) is 24.0 Å². The molecule has 1 unspecified atom stereocenters. The van der Waals surface area contributed by atoms with E-state index in [0.29, 0.717) is 13.0 Å². The number of carbonyl (C=O) groups is 2. The SMILES string of the molecule is O=C1C2CCCCN2C(=O)CN1c1cc(F)ccc1F. The first kappa shape index (κ1) is 13.0. The van der Waals surface area contributed by atoms with Crippen LogP contribution < -0.4 is 4.90 Å². The quantitative estimate of drug-likeness (QED) is 0.785. The van der Waals surface area contributed by atoms with Gasteiger partial charge in [-0.25, -0.2) is 8.78 Å². The van der Waals surface area contributed by atoms with Crippen molar-refractivity contribution in [2.24, 2.45) is 0 Å². The summed E-state index contributed by atoms with van der Waals surface area (Å²) in [5.41, 5.74) is -0.159. The molecule has 1 aromatic carbocycles. The summed E-state index contributed by atoms with van der Waals surface area (Å²) in [5.74, 6) is -1.86. The highest BCUT2D eigenvalue weighted by Gasteiger charge is 2.41. The highest BCUT2D eigenvalue weighted by atomic mass is 19.1. The zero-order valence-corrected chi connectivity index (χ0v) is 10.8. The van der Waals surface area contributed by atoms with Gasteiger partial charge in [-0.3, -0.25) is 14.5 Å². The van der Waals surface area contributed by atoms with Crippen molar-refractivity contribution in [1.82, 2.24) is 4.90 Å². The number of fused-ring (bicyclic) bond motifs is 1. The molecule has 1 atom stereocenters. The summed E-state index contributed by atoms with van der Waals surface area (Å²) >= 11 is 0. The van der Waals surface area contributed by atoms with Gasteiger partial charge in [0.15, 0.2) is 0 Å². The molecule has 2 aliphatic heterocycles. The second-order valence-electron chi connectivity index (χ2n) is 5.12. The van der Waals surface area contributed by atoms with E-state index in [4.69, 9.17) is 0 Å². The average Bonchev–Trinajstić information content (AvgIpc) is 2.46. The Morgan fingerprint density at radius 2 is 1.95 bits per heavy atom. The Hall–Kier alpha value is -1.98. The van der Waals surface area contributed by atoms with E-state index in [1.54, 1.807) is 4.90 Å². The number of piperazine rings is 1. The first-order chi connectivity index (χ1) is 9.58. The molecule has 0 bridgehead atoms. The third kappa shape index (κ3) is 2.05. The lowest BCUT2D eigenvalue weighted by Crippen LogP contribution is -2.61. The molecule has 2 saturated heterocycles.